The molecule has 3 atom stereocenters. The third-order valence-electron chi connectivity index (χ3n) is 7.62. The maximum Gasteiger partial charge on any atom is 0.410 e. The van der Waals surface area contributed by atoms with Crippen LogP contribution in [0.4, 0.5) is 4.79 Å². The van der Waals surface area contributed by atoms with Crippen molar-refractivity contribution in [2.75, 3.05) is 19.6 Å². The third-order valence-corrected chi connectivity index (χ3v) is 7.62. The highest BCUT2D eigenvalue weighted by Gasteiger charge is 2.47. The Balaban J connectivity index is 1.78. The lowest BCUT2D eigenvalue weighted by Gasteiger charge is -2.43. The number of likely N-dealkylation sites (tertiary alicyclic amines) is 2. The molecule has 2 saturated heterocycles. The summed E-state index contributed by atoms with van der Waals surface area (Å²) in [7, 11) is 0. The molecule has 37 heavy (non-hydrogen) atoms. The van der Waals surface area contributed by atoms with Crippen molar-refractivity contribution in [1.82, 2.24) is 15.1 Å². The SMILES string of the molecule is CC[C@H](C)[C@H](NC(=O)C1(c2ccccc2)CCN(C(=O)[C@@H]2CCCN2C(=O)OC(C)(C)C)CC1)C(=O)O. The second kappa shape index (κ2) is 11.5. The molecule has 9 nitrogen and oxygen atoms in total. The number of ether oxygens (including phenoxy) is 1. The van der Waals surface area contributed by atoms with E-state index in [1.807, 2.05) is 44.2 Å². The Morgan fingerprint density at radius 1 is 1.11 bits per heavy atom. The first-order chi connectivity index (χ1) is 17.4. The summed E-state index contributed by atoms with van der Waals surface area (Å²) in [4.78, 5) is 55.1. The molecule has 0 aliphatic carbocycles. The zero-order chi connectivity index (χ0) is 27.4. The summed E-state index contributed by atoms with van der Waals surface area (Å²) in [5, 5.41) is 12.6. The fourth-order valence-electron chi connectivity index (χ4n) is 5.25. The molecule has 1 aromatic carbocycles. The number of amides is 3. The molecule has 2 N–H and O–H groups in total. The van der Waals surface area contributed by atoms with Crippen LogP contribution in [0.3, 0.4) is 0 Å². The number of nitrogens with zero attached hydrogens (tertiary/aromatic N) is 2. The molecule has 2 fully saturated rings. The summed E-state index contributed by atoms with van der Waals surface area (Å²) < 4.78 is 5.51. The number of carbonyl (C=O) groups is 4. The minimum atomic E-state index is -1.05. The zero-order valence-corrected chi connectivity index (χ0v) is 22.7. The van der Waals surface area contributed by atoms with E-state index in [1.165, 1.54) is 4.90 Å². The molecule has 2 aliphatic rings. The van der Waals surface area contributed by atoms with Crippen LogP contribution in [0.2, 0.25) is 0 Å². The lowest BCUT2D eigenvalue weighted by atomic mass is 9.71. The van der Waals surface area contributed by atoms with Crippen molar-refractivity contribution in [2.24, 2.45) is 5.92 Å². The second-order valence-corrected chi connectivity index (χ2v) is 11.3. The lowest BCUT2D eigenvalue weighted by molar-refractivity contribution is -0.145. The van der Waals surface area contributed by atoms with E-state index in [-0.39, 0.29) is 17.7 Å². The number of piperidine rings is 1. The number of hydrogen-bond donors (Lipinski definition) is 2. The van der Waals surface area contributed by atoms with Gasteiger partial charge in [-0.05, 0) is 57.9 Å². The molecule has 0 bridgehead atoms. The number of nitrogens with one attached hydrogen (secondary N) is 1. The average Bonchev–Trinajstić information content (AvgIpc) is 3.36. The average molecular weight is 516 g/mol. The molecule has 0 spiro atoms. The molecule has 0 radical (unpaired) electrons. The van der Waals surface area contributed by atoms with E-state index in [9.17, 15) is 24.3 Å². The molecule has 2 heterocycles. The van der Waals surface area contributed by atoms with E-state index in [4.69, 9.17) is 4.74 Å². The maximum atomic E-state index is 13.7. The smallest absolute Gasteiger partial charge is 0.410 e. The van der Waals surface area contributed by atoms with Crippen molar-refractivity contribution in [2.45, 2.75) is 89.8 Å². The maximum absolute atomic E-state index is 13.7. The third kappa shape index (κ3) is 6.43. The summed E-state index contributed by atoms with van der Waals surface area (Å²) in [5.41, 5.74) is -0.784. The van der Waals surface area contributed by atoms with Gasteiger partial charge in [-0.25, -0.2) is 9.59 Å². The monoisotopic (exact) mass is 515 g/mol. The Kier molecular flexibility index (Phi) is 8.87. The van der Waals surface area contributed by atoms with Gasteiger partial charge >= 0.3 is 12.1 Å². The van der Waals surface area contributed by atoms with Crippen LogP contribution in [0.5, 0.6) is 0 Å². The summed E-state index contributed by atoms with van der Waals surface area (Å²) >= 11 is 0. The molecule has 0 saturated carbocycles. The molecule has 0 unspecified atom stereocenters. The highest BCUT2D eigenvalue weighted by atomic mass is 16.6. The van der Waals surface area contributed by atoms with Crippen LogP contribution in [0.1, 0.15) is 72.3 Å². The molecular weight excluding hydrogens is 474 g/mol. The van der Waals surface area contributed by atoms with Crippen LogP contribution in [-0.2, 0) is 24.5 Å². The Bertz CT molecular complexity index is 981. The van der Waals surface area contributed by atoms with Gasteiger partial charge in [0.2, 0.25) is 11.8 Å². The molecule has 9 heteroatoms. The van der Waals surface area contributed by atoms with Gasteiger partial charge in [0.1, 0.15) is 17.7 Å². The van der Waals surface area contributed by atoms with E-state index in [0.717, 1.165) is 12.0 Å². The van der Waals surface area contributed by atoms with Crippen molar-refractivity contribution < 1.29 is 29.0 Å². The van der Waals surface area contributed by atoms with E-state index in [0.29, 0.717) is 45.3 Å². The van der Waals surface area contributed by atoms with E-state index in [1.54, 1.807) is 25.7 Å². The summed E-state index contributed by atoms with van der Waals surface area (Å²) in [6.45, 7) is 10.2. The Labute approximate surface area is 219 Å². The fraction of sp³-hybridized carbons (Fsp3) is 0.643. The van der Waals surface area contributed by atoms with Crippen LogP contribution in [-0.4, -0.2) is 76.1 Å². The fourth-order valence-corrected chi connectivity index (χ4v) is 5.25. The van der Waals surface area contributed by atoms with Gasteiger partial charge in [0.15, 0.2) is 0 Å². The number of carbonyl (C=O) groups excluding carboxylic acids is 3. The molecule has 204 valence electrons. The first kappa shape index (κ1) is 28.5. The predicted molar refractivity (Wildman–Crippen MR) is 139 cm³/mol. The van der Waals surface area contributed by atoms with Crippen molar-refractivity contribution >= 4 is 23.9 Å². The number of hydrogen-bond acceptors (Lipinski definition) is 5. The van der Waals surface area contributed by atoms with E-state index in [2.05, 4.69) is 5.32 Å². The highest BCUT2D eigenvalue weighted by Crippen LogP contribution is 2.37. The van der Waals surface area contributed by atoms with Gasteiger partial charge in [0.05, 0.1) is 5.41 Å². The second-order valence-electron chi connectivity index (χ2n) is 11.3. The van der Waals surface area contributed by atoms with Crippen molar-refractivity contribution in [3.63, 3.8) is 0 Å². The molecule has 3 amide bonds. The molecular formula is C28H41N3O6. The summed E-state index contributed by atoms with van der Waals surface area (Å²) in [6, 6.07) is 7.81. The van der Waals surface area contributed by atoms with Crippen molar-refractivity contribution in [3.05, 3.63) is 35.9 Å². The number of benzene rings is 1. The van der Waals surface area contributed by atoms with Crippen LogP contribution in [0.25, 0.3) is 0 Å². The molecule has 0 aromatic heterocycles. The number of rotatable bonds is 7. The lowest BCUT2D eigenvalue weighted by Crippen LogP contribution is -2.58. The van der Waals surface area contributed by atoms with Gasteiger partial charge in [0.25, 0.3) is 0 Å². The topological polar surface area (TPSA) is 116 Å². The van der Waals surface area contributed by atoms with E-state index < -0.39 is 35.2 Å². The van der Waals surface area contributed by atoms with Crippen LogP contribution < -0.4 is 5.32 Å². The number of carboxylic acid groups (broad SMARTS) is 1. The van der Waals surface area contributed by atoms with Gasteiger partial charge in [-0.15, -0.1) is 0 Å². The van der Waals surface area contributed by atoms with Gasteiger partial charge in [-0.3, -0.25) is 14.5 Å². The minimum absolute atomic E-state index is 0.131. The normalized spacial score (nSPS) is 21.2. The van der Waals surface area contributed by atoms with Crippen molar-refractivity contribution in [3.8, 4) is 0 Å². The summed E-state index contributed by atoms with van der Waals surface area (Å²) in [5.74, 6) is -1.73. The minimum Gasteiger partial charge on any atom is -0.480 e. The van der Waals surface area contributed by atoms with Crippen LogP contribution in [0, 0.1) is 5.92 Å². The van der Waals surface area contributed by atoms with Gasteiger partial charge in [-0.2, -0.15) is 0 Å². The van der Waals surface area contributed by atoms with Gasteiger partial charge in [-0.1, -0.05) is 50.6 Å². The Morgan fingerprint density at radius 3 is 2.27 bits per heavy atom. The summed E-state index contributed by atoms with van der Waals surface area (Å²) in [6.07, 6.45) is 2.16. The molecule has 2 aliphatic heterocycles. The first-order valence-corrected chi connectivity index (χ1v) is 13.3. The zero-order valence-electron chi connectivity index (χ0n) is 22.7. The standard InChI is InChI=1S/C28H41N3O6/c1-6-19(2)22(24(33)34)29-25(35)28(20-11-8-7-9-12-20)14-17-30(18-15-28)23(32)21-13-10-16-31(21)26(36)37-27(3,4)5/h7-9,11-12,19,21-22H,6,10,13-18H2,1-5H3,(H,29,35)(H,33,34)/t19-,21-,22-/m0/s1. The number of aliphatic carboxylic acids is 1. The van der Waals surface area contributed by atoms with Crippen molar-refractivity contribution in [1.29, 1.82) is 0 Å². The number of carboxylic acids is 1. The Hall–Kier alpha value is -3.10. The Morgan fingerprint density at radius 2 is 1.73 bits per heavy atom. The van der Waals surface area contributed by atoms with E-state index >= 15 is 0 Å². The van der Waals surface area contributed by atoms with Crippen LogP contribution >= 0.6 is 0 Å². The molecule has 3 rings (SSSR count). The quantitative estimate of drug-likeness (QED) is 0.574. The predicted octanol–water partition coefficient (Wildman–Crippen LogP) is 3.56. The largest absolute Gasteiger partial charge is 0.480 e. The molecule has 1 aromatic rings. The highest BCUT2D eigenvalue weighted by molar-refractivity contribution is 5.92. The first-order valence-electron chi connectivity index (χ1n) is 13.3. The van der Waals surface area contributed by atoms with Crippen LogP contribution in [0.15, 0.2) is 30.3 Å². The van der Waals surface area contributed by atoms with Gasteiger partial charge in [0, 0.05) is 19.6 Å². The van der Waals surface area contributed by atoms with Gasteiger partial charge < -0.3 is 20.1 Å².